The zero-order chi connectivity index (χ0) is 27.1. The monoisotopic (exact) mass is 600 g/mol. The molecule has 2 atom stereocenters. The van der Waals surface area contributed by atoms with Crippen molar-refractivity contribution in [3.05, 3.63) is 34.5 Å². The van der Waals surface area contributed by atoms with E-state index in [-0.39, 0.29) is 85.6 Å². The molecule has 1 aromatic carbocycles. The van der Waals surface area contributed by atoms with Gasteiger partial charge in [0.15, 0.2) is 27.9 Å². The number of fused-ring (bicyclic) bond motifs is 2. The predicted octanol–water partition coefficient (Wildman–Crippen LogP) is -3.17. The molecule has 14 nitrogen and oxygen atoms in total. The van der Waals surface area contributed by atoms with E-state index in [1.807, 2.05) is 0 Å². The second kappa shape index (κ2) is 11.6. The molecule has 3 aromatic rings. The number of carboxylic acids is 1. The number of aliphatic carboxylic acids is 1. The van der Waals surface area contributed by atoms with E-state index in [9.17, 15) is 29.7 Å². The predicted molar refractivity (Wildman–Crippen MR) is 135 cm³/mol. The van der Waals surface area contributed by atoms with Crippen molar-refractivity contribution in [3.8, 4) is 11.5 Å². The smallest absolute Gasteiger partial charge is 0.543 e. The normalized spacial score (nSPS) is 18.8. The molecular weight excluding hydrogens is 583 g/mol. The number of carbonyl (C=O) groups excluding carboxylic acids is 3. The molecule has 2 amide bonds. The molecule has 5 N–H and O–H groups in total. The molecule has 0 unspecified atom stereocenters. The second-order valence-electron chi connectivity index (χ2n) is 7.87. The molecule has 5 rings (SSSR count). The van der Waals surface area contributed by atoms with Gasteiger partial charge in [-0.2, -0.15) is 0 Å². The number of anilines is 1. The van der Waals surface area contributed by atoms with Crippen LogP contribution in [0.5, 0.6) is 11.5 Å². The summed E-state index contributed by atoms with van der Waals surface area (Å²) in [7, 11) is 1.25. The van der Waals surface area contributed by atoms with Gasteiger partial charge in [-0.15, -0.1) is 23.1 Å². The Morgan fingerprint density at radius 2 is 2.10 bits per heavy atom. The fourth-order valence-electron chi connectivity index (χ4n) is 3.83. The Labute approximate surface area is 253 Å². The van der Waals surface area contributed by atoms with Gasteiger partial charge >= 0.3 is 29.6 Å². The third-order valence-corrected chi connectivity index (χ3v) is 8.45. The summed E-state index contributed by atoms with van der Waals surface area (Å²) in [5.74, 6) is -3.25. The molecule has 1 saturated heterocycles. The van der Waals surface area contributed by atoms with Crippen LogP contribution in [0.1, 0.15) is 5.69 Å². The summed E-state index contributed by atoms with van der Waals surface area (Å²) in [6.45, 7) is 0. The van der Waals surface area contributed by atoms with Crippen LogP contribution in [0.3, 0.4) is 0 Å². The maximum Gasteiger partial charge on any atom is 1.00 e. The number of oxazole rings is 1. The Hall–Kier alpha value is -2.96. The van der Waals surface area contributed by atoms with Gasteiger partial charge in [-0.25, -0.2) is 9.97 Å². The van der Waals surface area contributed by atoms with Gasteiger partial charge in [0.05, 0.1) is 11.7 Å². The van der Waals surface area contributed by atoms with Gasteiger partial charge in [-0.05, 0) is 5.57 Å². The van der Waals surface area contributed by atoms with Crippen molar-refractivity contribution in [2.45, 2.75) is 16.6 Å². The minimum Gasteiger partial charge on any atom is -0.543 e. The van der Waals surface area contributed by atoms with Gasteiger partial charge < -0.3 is 40.4 Å². The van der Waals surface area contributed by atoms with E-state index in [1.165, 1.54) is 36.4 Å². The van der Waals surface area contributed by atoms with Gasteiger partial charge in [0, 0.05) is 29.0 Å². The Morgan fingerprint density at radius 1 is 1.36 bits per heavy atom. The van der Waals surface area contributed by atoms with E-state index in [4.69, 9.17) is 15.0 Å². The van der Waals surface area contributed by atoms with Crippen LogP contribution in [0.2, 0.25) is 0 Å². The molecule has 1 fully saturated rings. The summed E-state index contributed by atoms with van der Waals surface area (Å²) in [6.07, 6.45) is 0. The van der Waals surface area contributed by atoms with Crippen molar-refractivity contribution in [1.82, 2.24) is 20.2 Å². The number of phenols is 2. The van der Waals surface area contributed by atoms with Crippen LogP contribution in [-0.2, 0) is 19.2 Å². The van der Waals surface area contributed by atoms with E-state index in [0.717, 1.165) is 28.0 Å². The zero-order valence-corrected chi connectivity index (χ0v) is 24.7. The molecule has 2 aromatic heterocycles. The molecule has 2 aliphatic rings. The van der Waals surface area contributed by atoms with Crippen molar-refractivity contribution in [2.24, 2.45) is 5.16 Å². The van der Waals surface area contributed by atoms with Gasteiger partial charge in [0.2, 0.25) is 0 Å². The molecule has 0 radical (unpaired) electrons. The number of carbonyl (C=O) groups is 3. The van der Waals surface area contributed by atoms with Crippen LogP contribution in [0, 0.1) is 0 Å². The number of benzene rings is 1. The van der Waals surface area contributed by atoms with Crippen molar-refractivity contribution >= 4 is 74.6 Å². The number of thioether (sulfide) groups is 2. The summed E-state index contributed by atoms with van der Waals surface area (Å²) in [5, 5.41) is 38.8. The summed E-state index contributed by atoms with van der Waals surface area (Å²) in [5.41, 5.74) is 6.30. The number of nitrogens with two attached hydrogens (primary N) is 1. The van der Waals surface area contributed by atoms with Gasteiger partial charge in [-0.3, -0.25) is 14.5 Å². The van der Waals surface area contributed by atoms with Gasteiger partial charge in [0.1, 0.15) is 29.7 Å². The van der Waals surface area contributed by atoms with Crippen molar-refractivity contribution in [1.29, 1.82) is 0 Å². The van der Waals surface area contributed by atoms with E-state index >= 15 is 0 Å². The van der Waals surface area contributed by atoms with Crippen molar-refractivity contribution in [2.75, 3.05) is 24.3 Å². The molecule has 0 bridgehead atoms. The molecule has 18 heteroatoms. The Morgan fingerprint density at radius 3 is 2.77 bits per heavy atom. The molecule has 198 valence electrons. The summed E-state index contributed by atoms with van der Waals surface area (Å²) < 4.78 is 5.54. The topological polar surface area (TPSA) is 217 Å². The maximum absolute atomic E-state index is 13.0. The first kappa shape index (κ1) is 29.0. The SMILES string of the molecule is CON=C(C(=O)N[C@@H]1C(=O)N2C(C(=O)[O-])=C(CSc3nc4cc(O)c(O)cc4o3)CS[C@@H]12)c1csc(N)n1.[Na+]. The first-order valence-corrected chi connectivity index (χ1v) is 13.6. The number of thiazole rings is 1. The maximum atomic E-state index is 13.0. The molecule has 0 saturated carbocycles. The molecular formula is C21H17N6NaO8S3. The Kier molecular flexibility index (Phi) is 8.67. The average molecular weight is 601 g/mol. The fraction of sp³-hybridized carbons (Fsp3) is 0.238. The minimum absolute atomic E-state index is 0. The largest absolute Gasteiger partial charge is 1.00 e. The first-order valence-electron chi connectivity index (χ1n) is 10.6. The minimum atomic E-state index is -1.53. The zero-order valence-electron chi connectivity index (χ0n) is 20.2. The van der Waals surface area contributed by atoms with Crippen LogP contribution in [0.25, 0.3) is 11.1 Å². The third kappa shape index (κ3) is 5.55. The quantitative estimate of drug-likeness (QED) is 0.0502. The van der Waals surface area contributed by atoms with Gasteiger partial charge in [0.25, 0.3) is 17.0 Å². The number of phenolic OH excluding ortho intramolecular Hbond substituents is 2. The van der Waals surface area contributed by atoms with E-state index in [1.54, 1.807) is 0 Å². The number of nitrogens with zero attached hydrogens (tertiary/aromatic N) is 4. The number of nitrogen functional groups attached to an aromatic ring is 1. The number of amides is 2. The van der Waals surface area contributed by atoms with Gasteiger partial charge in [-0.1, -0.05) is 16.9 Å². The van der Waals surface area contributed by atoms with E-state index in [2.05, 4.69) is 20.4 Å². The fourth-order valence-corrected chi connectivity index (χ4v) is 6.70. The van der Waals surface area contributed by atoms with Crippen LogP contribution in [-0.4, -0.2) is 78.6 Å². The summed E-state index contributed by atoms with van der Waals surface area (Å²) in [4.78, 5) is 51.8. The van der Waals surface area contributed by atoms with Crippen LogP contribution < -0.4 is 45.7 Å². The molecule has 2 aliphatic heterocycles. The first-order chi connectivity index (χ1) is 18.2. The van der Waals surface area contributed by atoms with E-state index in [0.29, 0.717) is 11.1 Å². The van der Waals surface area contributed by atoms with Crippen LogP contribution in [0.15, 0.2) is 43.6 Å². The molecule has 4 heterocycles. The number of nitrogens with one attached hydrogen (secondary N) is 1. The summed E-state index contributed by atoms with van der Waals surface area (Å²) >= 11 is 3.45. The number of oxime groups is 1. The second-order valence-corrected chi connectivity index (χ2v) is 10.8. The number of β-lactam (4-membered cyclic amide) rings is 1. The average Bonchev–Trinajstić information content (AvgIpc) is 3.49. The van der Waals surface area contributed by atoms with E-state index < -0.39 is 29.2 Å². The molecule has 0 spiro atoms. The number of aromatic hydroxyl groups is 2. The molecule has 39 heavy (non-hydrogen) atoms. The van der Waals surface area contributed by atoms with Crippen LogP contribution in [0.4, 0.5) is 5.13 Å². The van der Waals surface area contributed by atoms with Crippen molar-refractivity contribution < 1.29 is 68.5 Å². The number of hydrogen-bond acceptors (Lipinski definition) is 15. The Bertz CT molecular complexity index is 1500. The number of carboxylic acid groups (broad SMARTS) is 1. The standard InChI is InChI=1S/C21H18N6O8S3.Na/c1-34-26-13(9-6-37-20(22)23-9)16(30)25-14-17(31)27-15(19(32)33)7(4-36-18(14)27)5-38-21-24-8-2-10(28)11(29)3-12(8)35-21;/h2-3,6,14,18,28-29H,4-5H2,1H3,(H2,22,23)(H,25,30)(H,32,33);/q;+1/p-1/t14-,18+;/m1./s1. The number of aromatic nitrogens is 2. The Balaban J connectivity index is 0.00000353. The summed E-state index contributed by atoms with van der Waals surface area (Å²) in [6, 6.07) is 1.45. The molecule has 0 aliphatic carbocycles. The van der Waals surface area contributed by atoms with Crippen molar-refractivity contribution in [3.63, 3.8) is 0 Å². The van der Waals surface area contributed by atoms with Crippen LogP contribution >= 0.6 is 34.9 Å². The third-order valence-electron chi connectivity index (χ3n) is 5.52. The number of rotatable bonds is 8. The number of hydrogen-bond donors (Lipinski definition) is 4.